The molecule has 0 N–H and O–H groups in total. The largest absolute Gasteiger partial charge is 0.368 e. The molecule has 4 aliphatic rings. The van der Waals surface area contributed by atoms with Crippen LogP contribution >= 0.6 is 23.2 Å². The maximum Gasteiger partial charge on any atom is 0.198 e. The van der Waals surface area contributed by atoms with Gasteiger partial charge in [0.1, 0.15) is 23.7 Å². The molecular formula is C59H46Cl2N6O. The Labute approximate surface area is 406 Å². The first-order valence-electron chi connectivity index (χ1n) is 23.3. The van der Waals surface area contributed by atoms with Crippen molar-refractivity contribution in [2.24, 2.45) is 0 Å². The van der Waals surface area contributed by atoms with E-state index < -0.39 is 12.1 Å². The zero-order chi connectivity index (χ0) is 45.7. The van der Waals surface area contributed by atoms with Crippen molar-refractivity contribution in [1.29, 1.82) is 0 Å². The maximum absolute atomic E-state index is 17.3. The van der Waals surface area contributed by atoms with E-state index in [1.807, 2.05) is 73.1 Å². The van der Waals surface area contributed by atoms with Gasteiger partial charge in [0.15, 0.2) is 5.78 Å². The van der Waals surface area contributed by atoms with Crippen molar-refractivity contribution in [2.75, 3.05) is 22.9 Å². The van der Waals surface area contributed by atoms with E-state index in [4.69, 9.17) is 33.2 Å². The fraction of sp³-hybridized carbons (Fsp3) is 0.136. The highest BCUT2D eigenvalue weighted by Crippen LogP contribution is 2.56. The highest BCUT2D eigenvalue weighted by Gasteiger charge is 2.47. The van der Waals surface area contributed by atoms with Gasteiger partial charge in [-0.1, -0.05) is 157 Å². The summed E-state index contributed by atoms with van der Waals surface area (Å²) in [5.41, 5.74) is 13.3. The average molecular weight is 926 g/mol. The topological polar surface area (TPSA) is 55.8 Å². The molecule has 8 aromatic rings. The predicted molar refractivity (Wildman–Crippen MR) is 274 cm³/mol. The molecule has 0 saturated heterocycles. The van der Waals surface area contributed by atoms with Gasteiger partial charge in [-0.05, 0) is 94.8 Å². The molecule has 0 saturated carbocycles. The van der Waals surface area contributed by atoms with Gasteiger partial charge >= 0.3 is 0 Å². The molecule has 2 aromatic heterocycles. The Hall–Kier alpha value is -7.45. The summed E-state index contributed by atoms with van der Waals surface area (Å²) in [5.74, 6) is 1.23. The Morgan fingerprint density at radius 1 is 0.441 bits per heavy atom. The van der Waals surface area contributed by atoms with Gasteiger partial charge in [0.25, 0.3) is 0 Å². The van der Waals surface area contributed by atoms with Gasteiger partial charge in [0, 0.05) is 49.7 Å². The maximum atomic E-state index is 17.3. The molecule has 0 fully saturated rings. The van der Waals surface area contributed by atoms with Crippen LogP contribution in [0.2, 0.25) is 10.0 Å². The first-order chi connectivity index (χ1) is 33.5. The number of carbonyl (C=O) groups is 1. The molecule has 4 aliphatic heterocycles. The molecule has 2 unspecified atom stereocenters. The van der Waals surface area contributed by atoms with E-state index in [2.05, 4.69) is 141 Å². The van der Waals surface area contributed by atoms with Gasteiger partial charge in [0.2, 0.25) is 0 Å². The fourth-order valence-electron chi connectivity index (χ4n) is 11.0. The van der Waals surface area contributed by atoms with E-state index in [0.29, 0.717) is 59.0 Å². The highest BCUT2D eigenvalue weighted by atomic mass is 35.5. The Balaban J connectivity index is 1.20. The Morgan fingerprint density at radius 2 is 0.824 bits per heavy atom. The van der Waals surface area contributed by atoms with Crippen LogP contribution in [0.1, 0.15) is 56.6 Å². The molecule has 2 atom stereocenters. The quantitative estimate of drug-likeness (QED) is 0.150. The van der Waals surface area contributed by atoms with Gasteiger partial charge in [-0.25, -0.2) is 9.97 Å². The van der Waals surface area contributed by atoms with Crippen LogP contribution in [0.3, 0.4) is 0 Å². The number of rotatable bonds is 8. The van der Waals surface area contributed by atoms with Crippen molar-refractivity contribution in [3.05, 3.63) is 260 Å². The van der Waals surface area contributed by atoms with Crippen LogP contribution in [0.5, 0.6) is 0 Å². The fourth-order valence-corrected chi connectivity index (χ4v) is 11.4. The van der Waals surface area contributed by atoms with Crippen LogP contribution in [-0.4, -0.2) is 38.6 Å². The number of allylic oxidation sites excluding steroid dienone is 2. The highest BCUT2D eigenvalue weighted by molar-refractivity contribution is 6.45. The number of Topliss-reactive ketones (excluding diaryl/α,β-unsaturated/α-hetero) is 1. The van der Waals surface area contributed by atoms with Crippen molar-refractivity contribution >= 4 is 63.1 Å². The van der Waals surface area contributed by atoms with E-state index in [1.54, 1.807) is 0 Å². The third-order valence-corrected chi connectivity index (χ3v) is 14.6. The second-order valence-corrected chi connectivity index (χ2v) is 18.6. The third kappa shape index (κ3) is 7.16. The smallest absolute Gasteiger partial charge is 0.198 e. The summed E-state index contributed by atoms with van der Waals surface area (Å²) in [4.78, 5) is 37.1. The SMILES string of the molecule is O=C(C1=C(N2CCc3ccccc3C2)C(c2ccccc2)N(c2ccccc2Cl)c2ncccc21)C1=C(N2CCc3ccccc3C2)C(c2ccccc2)N(c2ccccc2Cl)c2ncccc21. The van der Waals surface area contributed by atoms with Crippen molar-refractivity contribution in [3.63, 3.8) is 0 Å². The lowest BCUT2D eigenvalue weighted by atomic mass is 9.79. The van der Waals surface area contributed by atoms with Gasteiger partial charge in [0.05, 0.1) is 44.0 Å². The normalized spacial score (nSPS) is 17.6. The molecule has 332 valence electrons. The molecule has 0 radical (unpaired) electrons. The molecule has 0 aliphatic carbocycles. The Morgan fingerprint density at radius 3 is 1.25 bits per heavy atom. The molecule has 0 amide bonds. The average Bonchev–Trinajstić information content (AvgIpc) is 3.40. The number of anilines is 4. The summed E-state index contributed by atoms with van der Waals surface area (Å²) in [6.07, 6.45) is 5.28. The number of fused-ring (bicyclic) bond motifs is 4. The minimum absolute atomic E-state index is 0.0873. The van der Waals surface area contributed by atoms with E-state index in [1.165, 1.54) is 22.3 Å². The predicted octanol–water partition coefficient (Wildman–Crippen LogP) is 13.4. The van der Waals surface area contributed by atoms with E-state index >= 15 is 4.79 Å². The van der Waals surface area contributed by atoms with Crippen LogP contribution < -0.4 is 9.80 Å². The minimum atomic E-state index is -0.491. The number of para-hydroxylation sites is 2. The first-order valence-corrected chi connectivity index (χ1v) is 24.0. The van der Waals surface area contributed by atoms with Crippen LogP contribution in [0.4, 0.5) is 23.0 Å². The third-order valence-electron chi connectivity index (χ3n) is 14.0. The summed E-state index contributed by atoms with van der Waals surface area (Å²) in [6, 6.07) is 61.3. The zero-order valence-electron chi connectivity index (χ0n) is 37.2. The van der Waals surface area contributed by atoms with E-state index in [0.717, 1.165) is 57.9 Å². The second kappa shape index (κ2) is 17.6. The zero-order valence-corrected chi connectivity index (χ0v) is 38.7. The molecule has 7 nitrogen and oxygen atoms in total. The number of benzene rings is 6. The number of hydrogen-bond donors (Lipinski definition) is 0. The van der Waals surface area contributed by atoms with Crippen molar-refractivity contribution in [2.45, 2.75) is 38.0 Å². The molecular weight excluding hydrogens is 880 g/mol. The minimum Gasteiger partial charge on any atom is -0.368 e. The summed E-state index contributed by atoms with van der Waals surface area (Å²) < 4.78 is 0. The molecule has 0 bridgehead atoms. The number of nitrogens with zero attached hydrogens (tertiary/aromatic N) is 6. The summed E-state index contributed by atoms with van der Waals surface area (Å²) in [5, 5.41) is 1.19. The molecule has 9 heteroatoms. The molecule has 12 rings (SSSR count). The van der Waals surface area contributed by atoms with Crippen LogP contribution in [0.25, 0.3) is 11.1 Å². The monoisotopic (exact) mass is 924 g/mol. The number of aromatic nitrogens is 2. The van der Waals surface area contributed by atoms with Gasteiger partial charge in [-0.15, -0.1) is 0 Å². The van der Waals surface area contributed by atoms with Gasteiger partial charge < -0.3 is 19.6 Å². The Bertz CT molecular complexity index is 3080. The van der Waals surface area contributed by atoms with Crippen molar-refractivity contribution in [3.8, 4) is 0 Å². The van der Waals surface area contributed by atoms with Crippen molar-refractivity contribution < 1.29 is 4.79 Å². The molecule has 0 spiro atoms. The number of halogens is 2. The lowest BCUT2D eigenvalue weighted by Gasteiger charge is -2.47. The summed E-state index contributed by atoms with van der Waals surface area (Å²) in [7, 11) is 0. The van der Waals surface area contributed by atoms with Crippen LogP contribution in [0.15, 0.2) is 206 Å². The van der Waals surface area contributed by atoms with E-state index in [-0.39, 0.29) is 5.78 Å². The van der Waals surface area contributed by atoms with Crippen LogP contribution in [0, 0.1) is 0 Å². The molecule has 68 heavy (non-hydrogen) atoms. The van der Waals surface area contributed by atoms with Gasteiger partial charge in [-0.3, -0.25) is 4.79 Å². The lowest BCUT2D eigenvalue weighted by molar-refractivity contribution is -0.109. The number of ketones is 1. The van der Waals surface area contributed by atoms with Crippen molar-refractivity contribution in [1.82, 2.24) is 19.8 Å². The number of pyridine rings is 2. The summed E-state index contributed by atoms with van der Waals surface area (Å²) >= 11 is 14.5. The second-order valence-electron chi connectivity index (χ2n) is 17.7. The molecule has 6 aromatic carbocycles. The lowest BCUT2D eigenvalue weighted by Crippen LogP contribution is -2.43. The summed E-state index contributed by atoms with van der Waals surface area (Å²) in [6.45, 7) is 2.66. The Kier molecular flexibility index (Phi) is 10.9. The number of hydrogen-bond acceptors (Lipinski definition) is 7. The van der Waals surface area contributed by atoms with Crippen LogP contribution in [-0.2, 0) is 30.7 Å². The van der Waals surface area contributed by atoms with E-state index in [9.17, 15) is 0 Å². The van der Waals surface area contributed by atoms with Gasteiger partial charge in [-0.2, -0.15) is 0 Å². The molecule has 6 heterocycles. The standard InChI is InChI=1S/C59H46Cl2N6O/c60-47-27-11-13-29-49(47)66-53(41-19-3-1-4-20-41)55(64-35-31-39-17-7-9-23-43(39)37-64)51(45-25-15-33-62-58(45)66)57(68)52-46-26-16-34-63-59(46)67(50-30-14-12-28-48(50)61)54(42-21-5-2-6-22-42)56(52)65-36-32-40-18-8-10-24-44(40)38-65/h1-30,33-34,53-54H,31-32,35-38H2. The first kappa shape index (κ1) is 41.9. The number of carbonyl (C=O) groups excluding carboxylic acids is 1.